The van der Waals surface area contributed by atoms with Gasteiger partial charge in [-0.2, -0.15) is 0 Å². The van der Waals surface area contributed by atoms with E-state index >= 15 is 0 Å². The van der Waals surface area contributed by atoms with E-state index in [1.807, 2.05) is 6.07 Å². The van der Waals surface area contributed by atoms with Crippen molar-refractivity contribution in [2.24, 2.45) is 17.8 Å². The molecule has 2 saturated carbocycles. The summed E-state index contributed by atoms with van der Waals surface area (Å²) in [7, 11) is 0. The normalized spacial score (nSPS) is 31.1. The lowest BCUT2D eigenvalue weighted by Crippen LogP contribution is -2.49. The standard InChI is InChI=1S/C19H24FNOS2/c20-17-7-2-1-4-13(17)12-21-18(22)14-10-15-5-3-6-16(11-14)19(15)23-8-9-24-19/h1-2,4,7,14-16H,3,5-6,8-12H2,(H,21,22). The summed E-state index contributed by atoms with van der Waals surface area (Å²) < 4.78 is 14.1. The van der Waals surface area contributed by atoms with Crippen LogP contribution in [-0.4, -0.2) is 21.5 Å². The number of amides is 1. The molecule has 24 heavy (non-hydrogen) atoms. The van der Waals surface area contributed by atoms with Gasteiger partial charge >= 0.3 is 0 Å². The first-order chi connectivity index (χ1) is 11.7. The van der Waals surface area contributed by atoms with E-state index in [1.54, 1.807) is 12.1 Å². The van der Waals surface area contributed by atoms with Gasteiger partial charge in [0.2, 0.25) is 5.91 Å². The van der Waals surface area contributed by atoms with Crippen LogP contribution in [0.2, 0.25) is 0 Å². The lowest BCUT2D eigenvalue weighted by atomic mass is 9.67. The van der Waals surface area contributed by atoms with Gasteiger partial charge in [0.25, 0.3) is 0 Å². The first-order valence-corrected chi connectivity index (χ1v) is 10.9. The zero-order chi connectivity index (χ0) is 16.6. The van der Waals surface area contributed by atoms with Crippen molar-refractivity contribution in [2.45, 2.75) is 42.7 Å². The Bertz CT molecular complexity index is 601. The van der Waals surface area contributed by atoms with Crippen molar-refractivity contribution in [3.05, 3.63) is 35.6 Å². The van der Waals surface area contributed by atoms with Gasteiger partial charge in [0.05, 0.1) is 4.08 Å². The molecule has 1 N–H and O–H groups in total. The maximum Gasteiger partial charge on any atom is 0.223 e. The number of halogens is 1. The van der Waals surface area contributed by atoms with Crippen molar-refractivity contribution in [1.29, 1.82) is 0 Å². The molecular formula is C19H24FNOS2. The highest BCUT2D eigenvalue weighted by molar-refractivity contribution is 8.21. The maximum atomic E-state index is 13.7. The first-order valence-electron chi connectivity index (χ1n) is 8.98. The molecule has 1 amide bonds. The van der Waals surface area contributed by atoms with E-state index in [-0.39, 0.29) is 17.6 Å². The molecule has 3 aliphatic rings. The van der Waals surface area contributed by atoms with Crippen molar-refractivity contribution in [3.63, 3.8) is 0 Å². The highest BCUT2D eigenvalue weighted by Crippen LogP contribution is 2.64. The van der Waals surface area contributed by atoms with Crippen LogP contribution in [0.15, 0.2) is 24.3 Å². The number of benzene rings is 1. The molecule has 2 atom stereocenters. The summed E-state index contributed by atoms with van der Waals surface area (Å²) in [6, 6.07) is 6.68. The number of thioether (sulfide) groups is 2. The third-order valence-electron chi connectivity index (χ3n) is 5.90. The number of nitrogens with one attached hydrogen (secondary N) is 1. The Kier molecular flexibility index (Phi) is 4.83. The predicted octanol–water partition coefficient (Wildman–Crippen LogP) is 4.44. The fourth-order valence-electron chi connectivity index (χ4n) is 4.79. The highest BCUT2D eigenvalue weighted by atomic mass is 32.2. The molecule has 1 aromatic rings. The first kappa shape index (κ1) is 16.8. The molecule has 1 spiro atoms. The molecule has 3 fully saturated rings. The quantitative estimate of drug-likeness (QED) is 0.858. The zero-order valence-electron chi connectivity index (χ0n) is 13.8. The molecule has 1 heterocycles. The van der Waals surface area contributed by atoms with Crippen molar-refractivity contribution in [1.82, 2.24) is 5.32 Å². The van der Waals surface area contributed by atoms with Crippen LogP contribution in [0, 0.1) is 23.6 Å². The van der Waals surface area contributed by atoms with Gasteiger partial charge in [-0.05, 0) is 43.6 Å². The highest BCUT2D eigenvalue weighted by Gasteiger charge is 2.55. The average molecular weight is 366 g/mol. The van der Waals surface area contributed by atoms with E-state index in [4.69, 9.17) is 0 Å². The predicted molar refractivity (Wildman–Crippen MR) is 99.4 cm³/mol. The van der Waals surface area contributed by atoms with Gasteiger partial charge < -0.3 is 5.32 Å². The molecule has 2 unspecified atom stereocenters. The summed E-state index contributed by atoms with van der Waals surface area (Å²) in [5.74, 6) is 3.87. The van der Waals surface area contributed by atoms with Gasteiger partial charge in [0.15, 0.2) is 0 Å². The van der Waals surface area contributed by atoms with Crippen LogP contribution in [0.5, 0.6) is 0 Å². The number of hydrogen-bond donors (Lipinski definition) is 1. The van der Waals surface area contributed by atoms with Crippen LogP contribution < -0.4 is 5.32 Å². The summed E-state index contributed by atoms with van der Waals surface area (Å²) in [5, 5.41) is 2.99. The largest absolute Gasteiger partial charge is 0.352 e. The lowest BCUT2D eigenvalue weighted by Gasteiger charge is -2.52. The van der Waals surface area contributed by atoms with E-state index in [0.717, 1.165) is 12.8 Å². The molecule has 5 heteroatoms. The van der Waals surface area contributed by atoms with Crippen LogP contribution in [0.3, 0.4) is 0 Å². The minimum absolute atomic E-state index is 0.111. The summed E-state index contributed by atoms with van der Waals surface area (Å²) in [5.41, 5.74) is 0.570. The molecule has 4 rings (SSSR count). The van der Waals surface area contributed by atoms with Crippen LogP contribution in [0.4, 0.5) is 4.39 Å². The van der Waals surface area contributed by atoms with Gasteiger partial charge in [-0.1, -0.05) is 24.6 Å². The fourth-order valence-corrected chi connectivity index (χ4v) is 8.73. The number of hydrogen-bond acceptors (Lipinski definition) is 3. The third kappa shape index (κ3) is 2.98. The van der Waals surface area contributed by atoms with Crippen molar-refractivity contribution in [2.75, 3.05) is 11.5 Å². The Hall–Kier alpha value is -0.680. The van der Waals surface area contributed by atoms with Crippen molar-refractivity contribution >= 4 is 29.4 Å². The third-order valence-corrected chi connectivity index (χ3v) is 9.92. The van der Waals surface area contributed by atoms with E-state index in [2.05, 4.69) is 28.8 Å². The minimum atomic E-state index is -0.240. The second kappa shape index (κ2) is 6.91. The maximum absolute atomic E-state index is 13.7. The molecule has 130 valence electrons. The van der Waals surface area contributed by atoms with Crippen LogP contribution >= 0.6 is 23.5 Å². The molecule has 2 aliphatic carbocycles. The van der Waals surface area contributed by atoms with Gasteiger partial charge in [-0.3, -0.25) is 4.79 Å². The molecule has 0 radical (unpaired) electrons. The summed E-state index contributed by atoms with van der Waals surface area (Å²) in [6.07, 6.45) is 5.89. The van der Waals surface area contributed by atoms with E-state index in [1.165, 1.54) is 36.8 Å². The number of carbonyl (C=O) groups is 1. The minimum Gasteiger partial charge on any atom is -0.352 e. The molecule has 1 saturated heterocycles. The second-order valence-corrected chi connectivity index (χ2v) is 10.2. The number of carbonyl (C=O) groups excluding carboxylic acids is 1. The Morgan fingerprint density at radius 3 is 2.50 bits per heavy atom. The van der Waals surface area contributed by atoms with Gasteiger partial charge in [0.1, 0.15) is 5.82 Å². The summed E-state index contributed by atoms with van der Waals surface area (Å²) in [6.45, 7) is 0.298. The van der Waals surface area contributed by atoms with Crippen molar-refractivity contribution < 1.29 is 9.18 Å². The number of rotatable bonds is 3. The molecule has 1 aromatic carbocycles. The van der Waals surface area contributed by atoms with Crippen molar-refractivity contribution in [3.8, 4) is 0 Å². The SMILES string of the molecule is O=C(NCc1ccccc1F)C1CC2CCCC(C1)C21SCCS1. The molecule has 2 bridgehead atoms. The molecule has 2 nitrogen and oxygen atoms in total. The van der Waals surface area contributed by atoms with Gasteiger partial charge in [-0.15, -0.1) is 23.5 Å². The Balaban J connectivity index is 1.41. The molecular weight excluding hydrogens is 341 g/mol. The van der Waals surface area contributed by atoms with Gasteiger partial charge in [0, 0.05) is 29.5 Å². The second-order valence-electron chi connectivity index (χ2n) is 7.22. The van der Waals surface area contributed by atoms with Crippen LogP contribution in [-0.2, 0) is 11.3 Å². The van der Waals surface area contributed by atoms with Gasteiger partial charge in [-0.25, -0.2) is 4.39 Å². The zero-order valence-corrected chi connectivity index (χ0v) is 15.4. The Labute approximate surface area is 151 Å². The molecule has 0 aromatic heterocycles. The molecule has 1 aliphatic heterocycles. The Morgan fingerprint density at radius 2 is 1.83 bits per heavy atom. The topological polar surface area (TPSA) is 29.1 Å². The lowest BCUT2D eigenvalue weighted by molar-refractivity contribution is -0.127. The fraction of sp³-hybridized carbons (Fsp3) is 0.632. The Morgan fingerprint density at radius 1 is 1.17 bits per heavy atom. The smallest absolute Gasteiger partial charge is 0.223 e. The summed E-state index contributed by atoms with van der Waals surface area (Å²) >= 11 is 4.33. The van der Waals surface area contributed by atoms with E-state index < -0.39 is 0 Å². The van der Waals surface area contributed by atoms with E-state index in [0.29, 0.717) is 28.0 Å². The summed E-state index contributed by atoms with van der Waals surface area (Å²) in [4.78, 5) is 12.7. The monoisotopic (exact) mass is 365 g/mol. The van der Waals surface area contributed by atoms with Crippen LogP contribution in [0.25, 0.3) is 0 Å². The average Bonchev–Trinajstić information content (AvgIpc) is 3.03. The van der Waals surface area contributed by atoms with E-state index in [9.17, 15) is 9.18 Å². The van der Waals surface area contributed by atoms with Crippen LogP contribution in [0.1, 0.15) is 37.7 Å².